The molecule has 2 atom stereocenters. The molecular weight excluding hydrogens is 234 g/mol. The Balaban J connectivity index is 3.09. The molecule has 17 heavy (non-hydrogen) atoms. The van der Waals surface area contributed by atoms with E-state index in [1.807, 2.05) is 12.1 Å². The summed E-state index contributed by atoms with van der Waals surface area (Å²) in [6.07, 6.45) is 2.24. The number of aryl methyl sites for hydroxylation is 1. The standard InChI is InChI=1S/C13H21NO2S/c1-5-11-7-6-8-12(9-11)13(14-3)10(2)17(4,15)16/h6-10,13-14H,5H2,1-4H3. The number of hydrogen-bond acceptors (Lipinski definition) is 3. The van der Waals surface area contributed by atoms with E-state index >= 15 is 0 Å². The summed E-state index contributed by atoms with van der Waals surface area (Å²) in [5.41, 5.74) is 2.26. The molecular formula is C13H21NO2S. The van der Waals surface area contributed by atoms with Crippen LogP contribution in [0.1, 0.15) is 31.0 Å². The highest BCUT2D eigenvalue weighted by atomic mass is 32.2. The Morgan fingerprint density at radius 1 is 1.35 bits per heavy atom. The van der Waals surface area contributed by atoms with Crippen molar-refractivity contribution < 1.29 is 8.42 Å². The monoisotopic (exact) mass is 255 g/mol. The zero-order valence-electron chi connectivity index (χ0n) is 10.9. The van der Waals surface area contributed by atoms with Crippen LogP contribution in [0, 0.1) is 0 Å². The molecule has 0 saturated heterocycles. The first-order valence-corrected chi connectivity index (χ1v) is 7.80. The fourth-order valence-electron chi connectivity index (χ4n) is 1.93. The lowest BCUT2D eigenvalue weighted by molar-refractivity contribution is 0.534. The molecule has 3 nitrogen and oxygen atoms in total. The van der Waals surface area contributed by atoms with Crippen molar-refractivity contribution in [3.8, 4) is 0 Å². The van der Waals surface area contributed by atoms with Gasteiger partial charge >= 0.3 is 0 Å². The minimum Gasteiger partial charge on any atom is -0.312 e. The third-order valence-electron chi connectivity index (χ3n) is 3.17. The quantitative estimate of drug-likeness (QED) is 0.874. The Bertz CT molecular complexity index is 468. The predicted molar refractivity (Wildman–Crippen MR) is 71.9 cm³/mol. The maximum Gasteiger partial charge on any atom is 0.151 e. The van der Waals surface area contributed by atoms with Gasteiger partial charge in [0.05, 0.1) is 5.25 Å². The molecule has 1 rings (SSSR count). The molecule has 0 aromatic heterocycles. The molecule has 0 aliphatic rings. The summed E-state index contributed by atoms with van der Waals surface area (Å²) in [6, 6.07) is 7.93. The van der Waals surface area contributed by atoms with Crippen LogP contribution in [0.5, 0.6) is 0 Å². The first-order valence-electron chi connectivity index (χ1n) is 5.85. The smallest absolute Gasteiger partial charge is 0.151 e. The van der Waals surface area contributed by atoms with Gasteiger partial charge in [-0.2, -0.15) is 0 Å². The van der Waals surface area contributed by atoms with Crippen LogP contribution in [0.15, 0.2) is 24.3 Å². The van der Waals surface area contributed by atoms with Crippen LogP contribution in [-0.2, 0) is 16.3 Å². The van der Waals surface area contributed by atoms with Crippen molar-refractivity contribution in [2.45, 2.75) is 31.6 Å². The number of benzene rings is 1. The molecule has 1 aromatic rings. The van der Waals surface area contributed by atoms with Gasteiger partial charge < -0.3 is 5.32 Å². The average Bonchev–Trinajstić information content (AvgIpc) is 2.29. The zero-order chi connectivity index (χ0) is 13.1. The highest BCUT2D eigenvalue weighted by molar-refractivity contribution is 7.91. The summed E-state index contributed by atoms with van der Waals surface area (Å²) in [5.74, 6) is 0. The lowest BCUT2D eigenvalue weighted by atomic mass is 10.0. The van der Waals surface area contributed by atoms with Gasteiger partial charge in [-0.3, -0.25) is 0 Å². The minimum atomic E-state index is -3.04. The van der Waals surface area contributed by atoms with Crippen LogP contribution in [-0.4, -0.2) is 27.0 Å². The Hall–Kier alpha value is -0.870. The van der Waals surface area contributed by atoms with Gasteiger partial charge in [-0.1, -0.05) is 31.2 Å². The van der Waals surface area contributed by atoms with Crippen LogP contribution >= 0.6 is 0 Å². The predicted octanol–water partition coefficient (Wildman–Crippen LogP) is 1.94. The summed E-state index contributed by atoms with van der Waals surface area (Å²) in [6.45, 7) is 3.84. The van der Waals surface area contributed by atoms with Crippen molar-refractivity contribution in [3.05, 3.63) is 35.4 Å². The van der Waals surface area contributed by atoms with Crippen LogP contribution in [0.25, 0.3) is 0 Å². The molecule has 0 fully saturated rings. The number of nitrogens with one attached hydrogen (secondary N) is 1. The molecule has 2 unspecified atom stereocenters. The molecule has 1 N–H and O–H groups in total. The van der Waals surface area contributed by atoms with E-state index in [4.69, 9.17) is 0 Å². The third kappa shape index (κ3) is 3.54. The van der Waals surface area contributed by atoms with Crippen molar-refractivity contribution in [1.82, 2.24) is 5.32 Å². The SMILES string of the molecule is CCc1cccc(C(NC)C(C)S(C)(=O)=O)c1. The molecule has 0 spiro atoms. The first kappa shape index (κ1) is 14.2. The van der Waals surface area contributed by atoms with E-state index in [2.05, 4.69) is 24.4 Å². The van der Waals surface area contributed by atoms with Crippen LogP contribution in [0.3, 0.4) is 0 Å². The van der Waals surface area contributed by atoms with Gasteiger partial charge in [0, 0.05) is 12.3 Å². The maximum atomic E-state index is 11.6. The van der Waals surface area contributed by atoms with Gasteiger partial charge in [-0.25, -0.2) is 8.42 Å². The zero-order valence-corrected chi connectivity index (χ0v) is 11.7. The van der Waals surface area contributed by atoms with E-state index < -0.39 is 15.1 Å². The van der Waals surface area contributed by atoms with Crippen molar-refractivity contribution in [2.75, 3.05) is 13.3 Å². The number of sulfone groups is 1. The summed E-state index contributed by atoms with van der Waals surface area (Å²) >= 11 is 0. The second-order valence-electron chi connectivity index (χ2n) is 4.40. The normalized spacial score (nSPS) is 15.5. The molecule has 4 heteroatoms. The highest BCUT2D eigenvalue weighted by Crippen LogP contribution is 2.22. The molecule has 1 aromatic carbocycles. The fraction of sp³-hybridized carbons (Fsp3) is 0.538. The van der Waals surface area contributed by atoms with E-state index in [9.17, 15) is 8.42 Å². The molecule has 96 valence electrons. The van der Waals surface area contributed by atoms with Crippen LogP contribution < -0.4 is 5.32 Å². The van der Waals surface area contributed by atoms with E-state index in [0.717, 1.165) is 12.0 Å². The van der Waals surface area contributed by atoms with Crippen LogP contribution in [0.4, 0.5) is 0 Å². The van der Waals surface area contributed by atoms with Gasteiger partial charge in [0.1, 0.15) is 0 Å². The van der Waals surface area contributed by atoms with Gasteiger partial charge in [-0.15, -0.1) is 0 Å². The van der Waals surface area contributed by atoms with E-state index in [1.165, 1.54) is 11.8 Å². The minimum absolute atomic E-state index is 0.156. The van der Waals surface area contributed by atoms with Gasteiger partial charge in [0.15, 0.2) is 9.84 Å². The molecule has 0 amide bonds. The largest absolute Gasteiger partial charge is 0.312 e. The molecule has 0 radical (unpaired) electrons. The Morgan fingerprint density at radius 2 is 2.00 bits per heavy atom. The van der Waals surface area contributed by atoms with Crippen molar-refractivity contribution in [2.24, 2.45) is 0 Å². The molecule has 0 bridgehead atoms. The summed E-state index contributed by atoms with van der Waals surface area (Å²) in [4.78, 5) is 0. The molecule has 0 aliphatic heterocycles. The van der Waals surface area contributed by atoms with Crippen molar-refractivity contribution in [3.63, 3.8) is 0 Å². The van der Waals surface area contributed by atoms with Gasteiger partial charge in [0.2, 0.25) is 0 Å². The Morgan fingerprint density at radius 3 is 2.47 bits per heavy atom. The highest BCUT2D eigenvalue weighted by Gasteiger charge is 2.25. The average molecular weight is 255 g/mol. The van der Waals surface area contributed by atoms with Crippen LogP contribution in [0.2, 0.25) is 0 Å². The molecule has 0 heterocycles. The second kappa shape index (κ2) is 5.65. The molecule has 0 saturated carbocycles. The lowest BCUT2D eigenvalue weighted by Crippen LogP contribution is -2.33. The second-order valence-corrected chi connectivity index (χ2v) is 6.80. The fourth-order valence-corrected chi connectivity index (χ4v) is 2.71. The van der Waals surface area contributed by atoms with Crippen molar-refractivity contribution >= 4 is 9.84 Å². The summed E-state index contributed by atoms with van der Waals surface area (Å²) in [7, 11) is -1.25. The maximum absolute atomic E-state index is 11.6. The summed E-state index contributed by atoms with van der Waals surface area (Å²) < 4.78 is 23.2. The first-order chi connectivity index (χ1) is 7.90. The van der Waals surface area contributed by atoms with E-state index in [1.54, 1.807) is 14.0 Å². The van der Waals surface area contributed by atoms with Crippen molar-refractivity contribution in [1.29, 1.82) is 0 Å². The number of rotatable bonds is 5. The number of hydrogen-bond donors (Lipinski definition) is 1. The van der Waals surface area contributed by atoms with E-state index in [-0.39, 0.29) is 6.04 Å². The lowest BCUT2D eigenvalue weighted by Gasteiger charge is -2.23. The topological polar surface area (TPSA) is 46.2 Å². The Labute approximate surface area is 104 Å². The third-order valence-corrected chi connectivity index (χ3v) is 4.80. The Kier molecular flexibility index (Phi) is 4.71. The van der Waals surface area contributed by atoms with Gasteiger partial charge in [-0.05, 0) is 31.5 Å². The molecule has 0 aliphatic carbocycles. The summed E-state index contributed by atoms with van der Waals surface area (Å²) in [5, 5.41) is 2.67. The van der Waals surface area contributed by atoms with E-state index in [0.29, 0.717) is 0 Å². The van der Waals surface area contributed by atoms with Gasteiger partial charge in [0.25, 0.3) is 0 Å².